The van der Waals surface area contributed by atoms with Crippen molar-refractivity contribution >= 4 is 12.0 Å². The highest BCUT2D eigenvalue weighted by molar-refractivity contribution is 5.78. The Morgan fingerprint density at radius 1 is 0.903 bits per heavy atom. The Labute approximate surface area is 186 Å². The predicted molar refractivity (Wildman–Crippen MR) is 128 cm³/mol. The van der Waals surface area contributed by atoms with E-state index in [9.17, 15) is 4.79 Å². The van der Waals surface area contributed by atoms with E-state index in [-0.39, 0.29) is 11.9 Å². The van der Waals surface area contributed by atoms with Crippen LogP contribution in [-0.2, 0) is 4.79 Å². The quantitative estimate of drug-likeness (QED) is 0.693. The molecule has 4 rings (SSSR count). The van der Waals surface area contributed by atoms with Crippen molar-refractivity contribution in [2.75, 3.05) is 39.3 Å². The maximum absolute atomic E-state index is 12.9. The van der Waals surface area contributed by atoms with Gasteiger partial charge in [-0.1, -0.05) is 85.7 Å². The SMILES string of the molecule is O=C(CN1CCN(C/C=C/c2ccccc2)CC1)NC(c1ccccc1)C1CCCC1. The molecule has 1 aliphatic carbocycles. The molecule has 0 radical (unpaired) electrons. The first-order valence-electron chi connectivity index (χ1n) is 11.8. The third kappa shape index (κ3) is 6.52. The van der Waals surface area contributed by atoms with Crippen LogP contribution in [0.5, 0.6) is 0 Å². The Bertz CT molecular complexity index is 822. The van der Waals surface area contributed by atoms with Gasteiger partial charge in [0, 0.05) is 32.7 Å². The summed E-state index contributed by atoms with van der Waals surface area (Å²) >= 11 is 0. The zero-order valence-corrected chi connectivity index (χ0v) is 18.5. The van der Waals surface area contributed by atoms with Gasteiger partial charge in [0.05, 0.1) is 12.6 Å². The summed E-state index contributed by atoms with van der Waals surface area (Å²) in [7, 11) is 0. The van der Waals surface area contributed by atoms with Crippen molar-refractivity contribution in [3.63, 3.8) is 0 Å². The molecule has 31 heavy (non-hydrogen) atoms. The number of benzene rings is 2. The number of amides is 1. The molecule has 1 aliphatic heterocycles. The molecular weight excluding hydrogens is 382 g/mol. The predicted octanol–water partition coefficient (Wildman–Crippen LogP) is 4.37. The Morgan fingerprint density at radius 3 is 2.19 bits per heavy atom. The largest absolute Gasteiger partial charge is 0.348 e. The minimum absolute atomic E-state index is 0.153. The molecule has 2 fully saturated rings. The highest BCUT2D eigenvalue weighted by atomic mass is 16.2. The second-order valence-corrected chi connectivity index (χ2v) is 8.89. The van der Waals surface area contributed by atoms with E-state index in [2.05, 4.69) is 75.8 Å². The summed E-state index contributed by atoms with van der Waals surface area (Å²) in [6.07, 6.45) is 9.43. The summed E-state index contributed by atoms with van der Waals surface area (Å²) < 4.78 is 0. The molecule has 0 bridgehead atoms. The van der Waals surface area contributed by atoms with Crippen molar-refractivity contribution in [1.29, 1.82) is 0 Å². The van der Waals surface area contributed by atoms with E-state index in [1.54, 1.807) is 0 Å². The number of nitrogens with zero attached hydrogens (tertiary/aromatic N) is 2. The molecule has 4 nitrogen and oxygen atoms in total. The van der Waals surface area contributed by atoms with Crippen LogP contribution in [0.25, 0.3) is 6.08 Å². The molecule has 2 aromatic rings. The highest BCUT2D eigenvalue weighted by Gasteiger charge is 2.28. The van der Waals surface area contributed by atoms with Crippen molar-refractivity contribution in [2.45, 2.75) is 31.7 Å². The number of carbonyl (C=O) groups excluding carboxylic acids is 1. The van der Waals surface area contributed by atoms with Gasteiger partial charge in [-0.25, -0.2) is 0 Å². The molecule has 1 saturated carbocycles. The van der Waals surface area contributed by atoms with Crippen LogP contribution in [0.2, 0.25) is 0 Å². The molecule has 4 heteroatoms. The number of piperazine rings is 1. The smallest absolute Gasteiger partial charge is 0.234 e. The number of nitrogens with one attached hydrogen (secondary N) is 1. The molecule has 1 amide bonds. The Morgan fingerprint density at radius 2 is 1.52 bits per heavy atom. The van der Waals surface area contributed by atoms with Gasteiger partial charge in [0.25, 0.3) is 0 Å². The van der Waals surface area contributed by atoms with Crippen LogP contribution in [0, 0.1) is 5.92 Å². The molecule has 2 aromatic carbocycles. The minimum atomic E-state index is 0.153. The van der Waals surface area contributed by atoms with Crippen molar-refractivity contribution < 1.29 is 4.79 Å². The fourth-order valence-electron chi connectivity index (χ4n) is 4.88. The van der Waals surface area contributed by atoms with E-state index in [0.717, 1.165) is 32.7 Å². The summed E-state index contributed by atoms with van der Waals surface area (Å²) in [5.74, 6) is 0.734. The van der Waals surface area contributed by atoms with Gasteiger partial charge < -0.3 is 5.32 Å². The van der Waals surface area contributed by atoms with Crippen LogP contribution in [-0.4, -0.2) is 55.0 Å². The fourth-order valence-corrected chi connectivity index (χ4v) is 4.88. The fraction of sp³-hybridized carbons (Fsp3) is 0.444. The highest BCUT2D eigenvalue weighted by Crippen LogP contribution is 2.35. The van der Waals surface area contributed by atoms with Crippen LogP contribution in [0.3, 0.4) is 0 Å². The number of hydrogen-bond acceptors (Lipinski definition) is 3. The summed E-state index contributed by atoms with van der Waals surface area (Å²) in [5, 5.41) is 3.38. The first kappa shape index (κ1) is 21.8. The number of hydrogen-bond donors (Lipinski definition) is 1. The standard InChI is InChI=1S/C27H35N3O/c31-26(28-27(25-15-7-8-16-25)24-13-5-2-6-14-24)22-30-20-18-29(19-21-30)17-9-12-23-10-3-1-4-11-23/h1-6,9-14,25,27H,7-8,15-22H2,(H,28,31)/b12-9+. The summed E-state index contributed by atoms with van der Waals surface area (Å²) in [6, 6.07) is 21.1. The van der Waals surface area contributed by atoms with Crippen LogP contribution in [0.1, 0.15) is 42.9 Å². The molecule has 0 aromatic heterocycles. The van der Waals surface area contributed by atoms with Gasteiger partial charge in [-0.05, 0) is 29.9 Å². The molecular formula is C27H35N3O. The zero-order chi connectivity index (χ0) is 21.3. The Kier molecular flexibility index (Phi) is 7.92. The Balaban J connectivity index is 1.23. The van der Waals surface area contributed by atoms with Crippen LogP contribution >= 0.6 is 0 Å². The van der Waals surface area contributed by atoms with Gasteiger partial charge in [-0.3, -0.25) is 14.6 Å². The molecule has 1 unspecified atom stereocenters. The van der Waals surface area contributed by atoms with Crippen molar-refractivity contribution in [1.82, 2.24) is 15.1 Å². The molecule has 1 saturated heterocycles. The maximum atomic E-state index is 12.9. The van der Waals surface area contributed by atoms with Gasteiger partial charge in [0.15, 0.2) is 0 Å². The van der Waals surface area contributed by atoms with Crippen LogP contribution in [0.4, 0.5) is 0 Å². The summed E-state index contributed by atoms with van der Waals surface area (Å²) in [4.78, 5) is 17.6. The van der Waals surface area contributed by atoms with E-state index in [0.29, 0.717) is 12.5 Å². The van der Waals surface area contributed by atoms with Gasteiger partial charge in [-0.15, -0.1) is 0 Å². The summed E-state index contributed by atoms with van der Waals surface area (Å²) in [5.41, 5.74) is 2.49. The van der Waals surface area contributed by atoms with Crippen molar-refractivity contribution in [3.8, 4) is 0 Å². The lowest BCUT2D eigenvalue weighted by Crippen LogP contribution is -2.50. The molecule has 0 spiro atoms. The molecule has 1 atom stereocenters. The van der Waals surface area contributed by atoms with Crippen molar-refractivity contribution in [2.24, 2.45) is 5.92 Å². The lowest BCUT2D eigenvalue weighted by atomic mass is 9.91. The third-order valence-corrected chi connectivity index (χ3v) is 6.65. The van der Waals surface area contributed by atoms with Crippen LogP contribution < -0.4 is 5.32 Å². The zero-order valence-electron chi connectivity index (χ0n) is 18.5. The lowest BCUT2D eigenvalue weighted by Gasteiger charge is -2.34. The van der Waals surface area contributed by atoms with E-state index in [1.807, 2.05) is 12.1 Å². The second-order valence-electron chi connectivity index (χ2n) is 8.89. The second kappa shape index (κ2) is 11.3. The van der Waals surface area contributed by atoms with Gasteiger partial charge in [0.2, 0.25) is 5.91 Å². The van der Waals surface area contributed by atoms with E-state index in [4.69, 9.17) is 0 Å². The number of rotatable bonds is 8. The topological polar surface area (TPSA) is 35.6 Å². The van der Waals surface area contributed by atoms with E-state index < -0.39 is 0 Å². The summed E-state index contributed by atoms with van der Waals surface area (Å²) in [6.45, 7) is 5.39. The van der Waals surface area contributed by atoms with E-state index in [1.165, 1.54) is 36.8 Å². The number of carbonyl (C=O) groups is 1. The molecule has 164 valence electrons. The third-order valence-electron chi connectivity index (χ3n) is 6.65. The normalized spacial score (nSPS) is 19.6. The van der Waals surface area contributed by atoms with Gasteiger partial charge in [0.1, 0.15) is 0 Å². The average molecular weight is 418 g/mol. The van der Waals surface area contributed by atoms with Gasteiger partial charge >= 0.3 is 0 Å². The van der Waals surface area contributed by atoms with Crippen LogP contribution in [0.15, 0.2) is 66.7 Å². The van der Waals surface area contributed by atoms with E-state index >= 15 is 0 Å². The first-order valence-corrected chi connectivity index (χ1v) is 11.8. The maximum Gasteiger partial charge on any atom is 0.234 e. The average Bonchev–Trinajstić information content (AvgIpc) is 3.35. The first-order chi connectivity index (χ1) is 15.3. The molecule has 1 heterocycles. The molecule has 2 aliphatic rings. The lowest BCUT2D eigenvalue weighted by molar-refractivity contribution is -0.123. The Hall–Kier alpha value is -2.43. The van der Waals surface area contributed by atoms with Gasteiger partial charge in [-0.2, -0.15) is 0 Å². The minimum Gasteiger partial charge on any atom is -0.348 e. The monoisotopic (exact) mass is 417 g/mol. The van der Waals surface area contributed by atoms with Crippen molar-refractivity contribution in [3.05, 3.63) is 77.9 Å². The molecule has 1 N–H and O–H groups in total.